The molecule has 2 aromatic rings. The van der Waals surface area contributed by atoms with Crippen molar-refractivity contribution in [2.75, 3.05) is 26.7 Å². The van der Waals surface area contributed by atoms with E-state index in [0.29, 0.717) is 0 Å². The van der Waals surface area contributed by atoms with Crippen LogP contribution in [0.5, 0.6) is 0 Å². The number of nitrogens with zero attached hydrogens (tertiary/aromatic N) is 1. The van der Waals surface area contributed by atoms with Crippen LogP contribution in [0, 0.1) is 0 Å². The van der Waals surface area contributed by atoms with E-state index in [2.05, 4.69) is 60.5 Å². The van der Waals surface area contributed by atoms with Crippen molar-refractivity contribution in [1.82, 2.24) is 4.90 Å². The minimum absolute atomic E-state index is 0.726. The lowest BCUT2D eigenvalue weighted by Crippen LogP contribution is -2.27. The molecule has 0 fully saturated rings. The average molecular weight is 254 g/mol. The van der Waals surface area contributed by atoms with Gasteiger partial charge in [0, 0.05) is 19.6 Å². The first-order chi connectivity index (χ1) is 9.29. The van der Waals surface area contributed by atoms with Crippen LogP contribution in [0.3, 0.4) is 0 Å². The second-order valence-corrected chi connectivity index (χ2v) is 4.90. The zero-order valence-electron chi connectivity index (χ0n) is 11.5. The van der Waals surface area contributed by atoms with Gasteiger partial charge < -0.3 is 10.6 Å². The SMILES string of the molecule is CN(CCN)CCc1ccc(-c2ccccc2)cc1. The molecule has 0 bridgehead atoms. The Morgan fingerprint density at radius 1 is 0.842 bits per heavy atom. The summed E-state index contributed by atoms with van der Waals surface area (Å²) in [6.07, 6.45) is 1.07. The largest absolute Gasteiger partial charge is 0.329 e. The molecule has 0 radical (unpaired) electrons. The molecule has 2 aromatic carbocycles. The summed E-state index contributed by atoms with van der Waals surface area (Å²) in [6, 6.07) is 19.3. The Morgan fingerprint density at radius 3 is 2.11 bits per heavy atom. The summed E-state index contributed by atoms with van der Waals surface area (Å²) in [5.41, 5.74) is 9.47. The maximum atomic E-state index is 5.54. The summed E-state index contributed by atoms with van der Waals surface area (Å²) in [5.74, 6) is 0. The third-order valence-corrected chi connectivity index (χ3v) is 3.35. The summed E-state index contributed by atoms with van der Waals surface area (Å²) in [7, 11) is 2.12. The summed E-state index contributed by atoms with van der Waals surface area (Å²) in [5, 5.41) is 0. The van der Waals surface area contributed by atoms with E-state index >= 15 is 0 Å². The molecule has 0 saturated carbocycles. The molecular weight excluding hydrogens is 232 g/mol. The lowest BCUT2D eigenvalue weighted by atomic mass is 10.0. The van der Waals surface area contributed by atoms with E-state index in [4.69, 9.17) is 5.73 Å². The molecular formula is C17H22N2. The molecule has 0 heterocycles. The standard InChI is InChI=1S/C17H22N2/c1-19(14-12-18)13-11-15-7-9-17(10-8-15)16-5-3-2-4-6-16/h2-10H,11-14,18H2,1H3. The zero-order valence-corrected chi connectivity index (χ0v) is 11.5. The lowest BCUT2D eigenvalue weighted by molar-refractivity contribution is 0.348. The molecule has 2 rings (SSSR count). The van der Waals surface area contributed by atoms with E-state index in [1.807, 2.05) is 6.07 Å². The molecule has 2 nitrogen and oxygen atoms in total. The molecule has 19 heavy (non-hydrogen) atoms. The molecule has 0 atom stereocenters. The van der Waals surface area contributed by atoms with E-state index in [0.717, 1.165) is 26.1 Å². The second-order valence-electron chi connectivity index (χ2n) is 4.90. The second kappa shape index (κ2) is 7.07. The van der Waals surface area contributed by atoms with E-state index in [-0.39, 0.29) is 0 Å². The van der Waals surface area contributed by atoms with Crippen LogP contribution < -0.4 is 5.73 Å². The quantitative estimate of drug-likeness (QED) is 0.859. The first-order valence-electron chi connectivity index (χ1n) is 6.82. The van der Waals surface area contributed by atoms with Crippen LogP contribution in [0.25, 0.3) is 11.1 Å². The first-order valence-corrected chi connectivity index (χ1v) is 6.82. The van der Waals surface area contributed by atoms with Gasteiger partial charge in [0.15, 0.2) is 0 Å². The highest BCUT2D eigenvalue weighted by molar-refractivity contribution is 5.63. The van der Waals surface area contributed by atoms with Crippen LogP contribution in [0.2, 0.25) is 0 Å². The van der Waals surface area contributed by atoms with Crippen molar-refractivity contribution in [2.24, 2.45) is 5.73 Å². The Kier molecular flexibility index (Phi) is 5.13. The van der Waals surface area contributed by atoms with Gasteiger partial charge in [-0.25, -0.2) is 0 Å². The van der Waals surface area contributed by atoms with Gasteiger partial charge in [0.1, 0.15) is 0 Å². The van der Waals surface area contributed by atoms with Crippen molar-refractivity contribution in [3.05, 3.63) is 60.2 Å². The van der Waals surface area contributed by atoms with Gasteiger partial charge in [-0.2, -0.15) is 0 Å². The van der Waals surface area contributed by atoms with Crippen molar-refractivity contribution in [3.63, 3.8) is 0 Å². The van der Waals surface area contributed by atoms with Gasteiger partial charge in [0.2, 0.25) is 0 Å². The number of rotatable bonds is 6. The van der Waals surface area contributed by atoms with Gasteiger partial charge in [-0.1, -0.05) is 54.6 Å². The third kappa shape index (κ3) is 4.19. The highest BCUT2D eigenvalue weighted by Crippen LogP contribution is 2.19. The predicted octanol–water partition coefficient (Wildman–Crippen LogP) is 2.79. The fourth-order valence-electron chi connectivity index (χ4n) is 2.15. The van der Waals surface area contributed by atoms with Gasteiger partial charge >= 0.3 is 0 Å². The fourth-order valence-corrected chi connectivity index (χ4v) is 2.15. The summed E-state index contributed by atoms with van der Waals surface area (Å²) in [6.45, 7) is 2.74. The van der Waals surface area contributed by atoms with Crippen LogP contribution in [0.4, 0.5) is 0 Å². The summed E-state index contributed by atoms with van der Waals surface area (Å²) >= 11 is 0. The molecule has 2 N–H and O–H groups in total. The predicted molar refractivity (Wildman–Crippen MR) is 82.1 cm³/mol. The van der Waals surface area contributed by atoms with E-state index in [1.165, 1.54) is 16.7 Å². The van der Waals surface area contributed by atoms with Crippen molar-refractivity contribution in [3.8, 4) is 11.1 Å². The Labute approximate surface area is 115 Å². The highest BCUT2D eigenvalue weighted by Gasteiger charge is 2.00. The summed E-state index contributed by atoms with van der Waals surface area (Å²) in [4.78, 5) is 2.27. The monoisotopic (exact) mass is 254 g/mol. The Hall–Kier alpha value is -1.64. The van der Waals surface area contributed by atoms with E-state index < -0.39 is 0 Å². The van der Waals surface area contributed by atoms with Crippen molar-refractivity contribution in [2.45, 2.75) is 6.42 Å². The fraction of sp³-hybridized carbons (Fsp3) is 0.294. The van der Waals surface area contributed by atoms with Crippen LogP contribution in [0.1, 0.15) is 5.56 Å². The number of likely N-dealkylation sites (N-methyl/N-ethyl adjacent to an activating group) is 1. The molecule has 0 aromatic heterocycles. The molecule has 0 saturated heterocycles. The van der Waals surface area contributed by atoms with Gasteiger partial charge in [-0.3, -0.25) is 0 Å². The van der Waals surface area contributed by atoms with Gasteiger partial charge in [-0.05, 0) is 30.2 Å². The van der Waals surface area contributed by atoms with Gasteiger partial charge in [0.25, 0.3) is 0 Å². The van der Waals surface area contributed by atoms with Crippen molar-refractivity contribution in [1.29, 1.82) is 0 Å². The van der Waals surface area contributed by atoms with Crippen molar-refractivity contribution >= 4 is 0 Å². The number of hydrogen-bond acceptors (Lipinski definition) is 2. The smallest absolute Gasteiger partial charge is 0.0102 e. The van der Waals surface area contributed by atoms with Crippen LogP contribution >= 0.6 is 0 Å². The van der Waals surface area contributed by atoms with Crippen LogP contribution in [0.15, 0.2) is 54.6 Å². The third-order valence-electron chi connectivity index (χ3n) is 3.35. The zero-order chi connectivity index (χ0) is 13.5. The highest BCUT2D eigenvalue weighted by atomic mass is 15.1. The molecule has 100 valence electrons. The number of nitrogens with two attached hydrogens (primary N) is 1. The number of benzene rings is 2. The molecule has 0 amide bonds. The first kappa shape index (κ1) is 13.8. The van der Waals surface area contributed by atoms with Crippen molar-refractivity contribution < 1.29 is 0 Å². The topological polar surface area (TPSA) is 29.3 Å². The lowest BCUT2D eigenvalue weighted by Gasteiger charge is -2.15. The van der Waals surface area contributed by atoms with Crippen LogP contribution in [-0.2, 0) is 6.42 Å². The maximum absolute atomic E-state index is 5.54. The Morgan fingerprint density at radius 2 is 1.47 bits per heavy atom. The molecule has 0 aliphatic carbocycles. The molecule has 0 aliphatic rings. The van der Waals surface area contributed by atoms with Gasteiger partial charge in [0.05, 0.1) is 0 Å². The van der Waals surface area contributed by atoms with Crippen LogP contribution in [-0.4, -0.2) is 31.6 Å². The van der Waals surface area contributed by atoms with Gasteiger partial charge in [-0.15, -0.1) is 0 Å². The van der Waals surface area contributed by atoms with E-state index in [1.54, 1.807) is 0 Å². The molecule has 0 unspecified atom stereocenters. The molecule has 0 aliphatic heterocycles. The van der Waals surface area contributed by atoms with E-state index in [9.17, 15) is 0 Å². The Bertz CT molecular complexity index is 476. The number of hydrogen-bond donors (Lipinski definition) is 1. The minimum Gasteiger partial charge on any atom is -0.329 e. The Balaban J connectivity index is 1.95. The maximum Gasteiger partial charge on any atom is 0.0102 e. The molecule has 2 heteroatoms. The summed E-state index contributed by atoms with van der Waals surface area (Å²) < 4.78 is 0. The normalized spacial score (nSPS) is 10.9. The molecule has 0 spiro atoms. The minimum atomic E-state index is 0.726. The average Bonchev–Trinajstić information content (AvgIpc) is 2.47.